The standard InChI is InChI=1S/C38H28N3O.Pt/c1-26(27-13-4-2-5-14-27)31-22-23-34-37(36(31)29-16-12-15-28(25-29)33-20-10-11-24-39-33)40-38(32-19-8-9-21-35(32)42)41(34)30-17-6-3-7-18-30;/h2-24,26,42H,1H3;/q-1;. The SMILES string of the molecule is CC(c1ccccc1)c1ccc2c(nc(-c3ccccc3O)n2-c2ccccc2)c1-c1[c-]c(-c2ccccn2)ccc1.[Pt]. The molecule has 0 aliphatic carbocycles. The summed E-state index contributed by atoms with van der Waals surface area (Å²) < 4.78 is 2.13. The number of fused-ring (bicyclic) bond motifs is 1. The average molecular weight is 738 g/mol. The zero-order valence-corrected chi connectivity index (χ0v) is 25.7. The summed E-state index contributed by atoms with van der Waals surface area (Å²) in [6, 6.07) is 48.3. The molecule has 0 fully saturated rings. The third-order valence-corrected chi connectivity index (χ3v) is 7.79. The van der Waals surface area contributed by atoms with Crippen molar-refractivity contribution in [2.75, 3.05) is 0 Å². The van der Waals surface area contributed by atoms with E-state index in [2.05, 4.69) is 83.2 Å². The Morgan fingerprint density at radius 2 is 1.40 bits per heavy atom. The molecular formula is C38H28N3OPt-. The first-order valence-electron chi connectivity index (χ1n) is 14.1. The number of benzene rings is 5. The molecule has 2 heterocycles. The molecule has 5 heteroatoms. The van der Waals surface area contributed by atoms with Crippen LogP contribution in [-0.2, 0) is 21.1 Å². The molecule has 0 saturated heterocycles. The van der Waals surface area contributed by atoms with Gasteiger partial charge in [0.1, 0.15) is 11.6 Å². The number of para-hydroxylation sites is 2. The molecule has 0 aliphatic heterocycles. The van der Waals surface area contributed by atoms with Crippen LogP contribution in [0.5, 0.6) is 5.75 Å². The second-order valence-corrected chi connectivity index (χ2v) is 10.3. The van der Waals surface area contributed by atoms with E-state index >= 15 is 0 Å². The molecule has 4 nitrogen and oxygen atoms in total. The number of phenols is 1. The first-order chi connectivity index (χ1) is 20.7. The Morgan fingerprint density at radius 1 is 0.698 bits per heavy atom. The predicted octanol–water partition coefficient (Wildman–Crippen LogP) is 9.08. The molecule has 0 saturated carbocycles. The van der Waals surface area contributed by atoms with E-state index in [1.165, 1.54) is 5.56 Å². The Hall–Kier alpha value is -4.79. The summed E-state index contributed by atoms with van der Waals surface area (Å²) in [5.41, 5.74) is 9.59. The van der Waals surface area contributed by atoms with Crippen molar-refractivity contribution in [2.24, 2.45) is 0 Å². The molecule has 7 rings (SSSR count). The molecule has 43 heavy (non-hydrogen) atoms. The van der Waals surface area contributed by atoms with Crippen molar-refractivity contribution >= 4 is 11.0 Å². The minimum Gasteiger partial charge on any atom is -0.507 e. The molecule has 5 aromatic carbocycles. The maximum atomic E-state index is 10.9. The van der Waals surface area contributed by atoms with Gasteiger partial charge in [-0.25, -0.2) is 4.98 Å². The topological polar surface area (TPSA) is 50.9 Å². The minimum atomic E-state index is 0. The van der Waals surface area contributed by atoms with Crippen molar-refractivity contribution in [1.29, 1.82) is 0 Å². The van der Waals surface area contributed by atoms with E-state index < -0.39 is 0 Å². The number of hydrogen-bond acceptors (Lipinski definition) is 3. The van der Waals surface area contributed by atoms with Crippen LogP contribution < -0.4 is 0 Å². The van der Waals surface area contributed by atoms with E-state index in [1.807, 2.05) is 66.7 Å². The van der Waals surface area contributed by atoms with Gasteiger partial charge in [0.15, 0.2) is 0 Å². The Labute approximate surface area is 265 Å². The fourth-order valence-corrected chi connectivity index (χ4v) is 5.69. The number of rotatable bonds is 6. The fourth-order valence-electron chi connectivity index (χ4n) is 5.69. The monoisotopic (exact) mass is 737 g/mol. The molecule has 0 radical (unpaired) electrons. The quantitative estimate of drug-likeness (QED) is 0.173. The van der Waals surface area contributed by atoms with Crippen molar-refractivity contribution < 1.29 is 26.2 Å². The fraction of sp³-hybridized carbons (Fsp3) is 0.0526. The van der Waals surface area contributed by atoms with Gasteiger partial charge in [0.25, 0.3) is 0 Å². The van der Waals surface area contributed by atoms with Gasteiger partial charge in [-0.2, -0.15) is 0 Å². The van der Waals surface area contributed by atoms with Crippen LogP contribution in [-0.4, -0.2) is 19.6 Å². The van der Waals surface area contributed by atoms with E-state index in [9.17, 15) is 5.11 Å². The van der Waals surface area contributed by atoms with Crippen molar-refractivity contribution in [3.05, 3.63) is 157 Å². The van der Waals surface area contributed by atoms with Crippen LogP contribution in [0.25, 0.3) is 50.5 Å². The smallest absolute Gasteiger partial charge is 0.148 e. The summed E-state index contributed by atoms with van der Waals surface area (Å²) in [6.07, 6.45) is 1.81. The van der Waals surface area contributed by atoms with Crippen LogP contribution >= 0.6 is 0 Å². The third-order valence-electron chi connectivity index (χ3n) is 7.79. The van der Waals surface area contributed by atoms with Gasteiger partial charge >= 0.3 is 0 Å². The summed E-state index contributed by atoms with van der Waals surface area (Å²) >= 11 is 0. The van der Waals surface area contributed by atoms with E-state index in [4.69, 9.17) is 4.98 Å². The molecule has 0 aliphatic rings. The van der Waals surface area contributed by atoms with Crippen molar-refractivity contribution in [3.63, 3.8) is 0 Å². The molecule has 0 spiro atoms. The van der Waals surface area contributed by atoms with Gasteiger partial charge in [-0.05, 0) is 47.9 Å². The van der Waals surface area contributed by atoms with E-state index in [0.717, 1.165) is 44.7 Å². The molecule has 2 aromatic heterocycles. The van der Waals surface area contributed by atoms with Crippen LogP contribution in [0.15, 0.2) is 140 Å². The summed E-state index contributed by atoms with van der Waals surface area (Å²) in [5, 5.41) is 10.9. The normalized spacial score (nSPS) is 11.7. The molecule has 0 amide bonds. The van der Waals surface area contributed by atoms with Crippen LogP contribution in [0.3, 0.4) is 0 Å². The first kappa shape index (κ1) is 28.3. The molecule has 212 valence electrons. The maximum absolute atomic E-state index is 10.9. The predicted molar refractivity (Wildman–Crippen MR) is 170 cm³/mol. The van der Waals surface area contributed by atoms with E-state index in [1.54, 1.807) is 12.3 Å². The van der Waals surface area contributed by atoms with Crippen molar-refractivity contribution in [2.45, 2.75) is 12.8 Å². The number of pyridine rings is 1. The maximum Gasteiger partial charge on any atom is 0.148 e. The number of phenolic OH excluding ortho intramolecular Hbond substituents is 1. The van der Waals surface area contributed by atoms with Crippen molar-refractivity contribution in [1.82, 2.24) is 14.5 Å². The Bertz CT molecular complexity index is 2000. The minimum absolute atomic E-state index is 0. The number of imidazole rings is 1. The van der Waals surface area contributed by atoms with Gasteiger partial charge in [-0.3, -0.25) is 9.55 Å². The van der Waals surface area contributed by atoms with Crippen LogP contribution in [0.1, 0.15) is 24.0 Å². The largest absolute Gasteiger partial charge is 0.507 e. The van der Waals surface area contributed by atoms with Gasteiger partial charge in [0.2, 0.25) is 0 Å². The number of hydrogen-bond donors (Lipinski definition) is 1. The van der Waals surface area contributed by atoms with Crippen molar-refractivity contribution in [3.8, 4) is 45.2 Å². The Morgan fingerprint density at radius 3 is 2.14 bits per heavy atom. The summed E-state index contributed by atoms with van der Waals surface area (Å²) in [6.45, 7) is 2.24. The summed E-state index contributed by atoms with van der Waals surface area (Å²) in [5.74, 6) is 0.974. The number of aromatic hydroxyl groups is 1. The van der Waals surface area contributed by atoms with Gasteiger partial charge in [0.05, 0.1) is 16.6 Å². The van der Waals surface area contributed by atoms with Gasteiger partial charge in [0, 0.05) is 38.6 Å². The molecule has 1 N–H and O–H groups in total. The second kappa shape index (κ2) is 12.2. The Kier molecular flexibility index (Phi) is 8.05. The van der Waals surface area contributed by atoms with Crippen LogP contribution in [0.2, 0.25) is 0 Å². The van der Waals surface area contributed by atoms with E-state index in [0.29, 0.717) is 11.4 Å². The van der Waals surface area contributed by atoms with Crippen LogP contribution in [0.4, 0.5) is 0 Å². The van der Waals surface area contributed by atoms with Gasteiger partial charge in [-0.15, -0.1) is 29.8 Å². The number of aromatic nitrogens is 3. The zero-order valence-electron chi connectivity index (χ0n) is 23.5. The molecule has 7 aromatic rings. The summed E-state index contributed by atoms with van der Waals surface area (Å²) in [4.78, 5) is 9.88. The Balaban J connectivity index is 0.00000329. The molecule has 1 unspecified atom stereocenters. The zero-order chi connectivity index (χ0) is 28.5. The van der Waals surface area contributed by atoms with Crippen LogP contribution in [0, 0.1) is 6.07 Å². The second-order valence-electron chi connectivity index (χ2n) is 10.3. The van der Waals surface area contributed by atoms with Gasteiger partial charge < -0.3 is 5.11 Å². The third kappa shape index (κ3) is 5.31. The summed E-state index contributed by atoms with van der Waals surface area (Å²) in [7, 11) is 0. The number of nitrogens with zero attached hydrogens (tertiary/aromatic N) is 3. The first-order valence-corrected chi connectivity index (χ1v) is 14.1. The van der Waals surface area contributed by atoms with Gasteiger partial charge in [-0.1, -0.05) is 102 Å². The molecule has 0 bridgehead atoms. The van der Waals surface area contributed by atoms with E-state index in [-0.39, 0.29) is 32.7 Å². The molecule has 1 atom stereocenters. The molecular weight excluding hydrogens is 710 g/mol. The average Bonchev–Trinajstić information content (AvgIpc) is 3.45.